The van der Waals surface area contributed by atoms with Crippen LogP contribution in [0.3, 0.4) is 0 Å². The van der Waals surface area contributed by atoms with E-state index in [2.05, 4.69) is 17.4 Å². The fourth-order valence-electron chi connectivity index (χ4n) is 2.75. The van der Waals surface area contributed by atoms with Crippen molar-refractivity contribution in [3.8, 4) is 0 Å². The zero-order chi connectivity index (χ0) is 11.7. The molecule has 2 aliphatic heterocycles. The summed E-state index contributed by atoms with van der Waals surface area (Å²) in [5.41, 5.74) is 2.43. The Morgan fingerprint density at radius 2 is 2.24 bits per heavy atom. The molecule has 0 radical (unpaired) electrons. The van der Waals surface area contributed by atoms with Crippen molar-refractivity contribution >= 4 is 5.78 Å². The van der Waals surface area contributed by atoms with Gasteiger partial charge in [-0.05, 0) is 30.4 Å². The third-order valence-electron chi connectivity index (χ3n) is 3.64. The van der Waals surface area contributed by atoms with Gasteiger partial charge in [0.2, 0.25) is 0 Å². The molecule has 0 saturated carbocycles. The number of hydrogen-bond donors (Lipinski definition) is 1. The Balaban J connectivity index is 1.86. The van der Waals surface area contributed by atoms with E-state index in [0.29, 0.717) is 0 Å². The monoisotopic (exact) mass is 231 g/mol. The third-order valence-corrected chi connectivity index (χ3v) is 3.64. The zero-order valence-electron chi connectivity index (χ0n) is 9.82. The van der Waals surface area contributed by atoms with E-state index in [0.717, 1.165) is 38.0 Å². The Hall–Kier alpha value is -1.19. The number of carbonyl (C=O) groups is 1. The van der Waals surface area contributed by atoms with Gasteiger partial charge in [0, 0.05) is 13.2 Å². The summed E-state index contributed by atoms with van der Waals surface area (Å²) < 4.78 is 5.49. The lowest BCUT2D eigenvalue weighted by Gasteiger charge is -2.27. The normalized spacial score (nSPS) is 27.8. The van der Waals surface area contributed by atoms with Gasteiger partial charge in [0.15, 0.2) is 5.78 Å². The van der Waals surface area contributed by atoms with Gasteiger partial charge >= 0.3 is 0 Å². The van der Waals surface area contributed by atoms with Crippen molar-refractivity contribution in [2.75, 3.05) is 13.2 Å². The van der Waals surface area contributed by atoms with Crippen LogP contribution in [0.15, 0.2) is 24.3 Å². The highest BCUT2D eigenvalue weighted by Crippen LogP contribution is 2.27. The molecule has 1 aromatic carbocycles. The Morgan fingerprint density at radius 1 is 1.35 bits per heavy atom. The van der Waals surface area contributed by atoms with Gasteiger partial charge in [0.05, 0.1) is 6.04 Å². The fourth-order valence-corrected chi connectivity index (χ4v) is 2.75. The average Bonchev–Trinajstić information content (AvgIpc) is 2.91. The predicted octanol–water partition coefficient (Wildman–Crippen LogP) is 1.62. The van der Waals surface area contributed by atoms with Crippen LogP contribution in [0, 0.1) is 0 Å². The van der Waals surface area contributed by atoms with E-state index < -0.39 is 0 Å². The van der Waals surface area contributed by atoms with Crippen LogP contribution in [-0.2, 0) is 16.0 Å². The minimum atomic E-state index is -0.196. The highest BCUT2D eigenvalue weighted by atomic mass is 16.5. The maximum absolute atomic E-state index is 12.4. The predicted molar refractivity (Wildman–Crippen MR) is 64.9 cm³/mol. The van der Waals surface area contributed by atoms with Gasteiger partial charge in [0.1, 0.15) is 6.10 Å². The summed E-state index contributed by atoms with van der Waals surface area (Å²) in [5, 5.41) is 3.32. The maximum atomic E-state index is 12.4. The molecule has 1 fully saturated rings. The SMILES string of the molecule is O=C(C1CCCO1)C1NCCc2ccccc21. The molecule has 0 amide bonds. The summed E-state index contributed by atoms with van der Waals surface area (Å²) in [6, 6.07) is 8.05. The van der Waals surface area contributed by atoms with Crippen molar-refractivity contribution in [3.05, 3.63) is 35.4 Å². The highest BCUT2D eigenvalue weighted by Gasteiger charge is 2.33. The number of carbonyl (C=O) groups excluding carboxylic acids is 1. The molecule has 1 saturated heterocycles. The Bertz CT molecular complexity index is 424. The molecule has 3 heteroatoms. The lowest BCUT2D eigenvalue weighted by molar-refractivity contribution is -0.130. The van der Waals surface area contributed by atoms with Crippen molar-refractivity contribution in [1.29, 1.82) is 0 Å². The van der Waals surface area contributed by atoms with Gasteiger partial charge in [-0.15, -0.1) is 0 Å². The number of Topliss-reactive ketones (excluding diaryl/α,β-unsaturated/α-hetero) is 1. The maximum Gasteiger partial charge on any atom is 0.182 e. The van der Waals surface area contributed by atoms with Crippen LogP contribution >= 0.6 is 0 Å². The molecule has 3 nitrogen and oxygen atoms in total. The summed E-state index contributed by atoms with van der Waals surface area (Å²) in [6.45, 7) is 1.60. The molecule has 90 valence electrons. The number of fused-ring (bicyclic) bond motifs is 1. The number of hydrogen-bond acceptors (Lipinski definition) is 3. The second-order valence-electron chi connectivity index (χ2n) is 4.74. The molecule has 0 aromatic heterocycles. The van der Waals surface area contributed by atoms with Crippen molar-refractivity contribution in [2.24, 2.45) is 0 Å². The summed E-state index contributed by atoms with van der Waals surface area (Å²) in [5.74, 6) is 0.203. The molecular weight excluding hydrogens is 214 g/mol. The second kappa shape index (κ2) is 4.59. The van der Waals surface area contributed by atoms with Gasteiger partial charge < -0.3 is 10.1 Å². The molecular formula is C14H17NO2. The first-order valence-electron chi connectivity index (χ1n) is 6.33. The average molecular weight is 231 g/mol. The van der Waals surface area contributed by atoms with Crippen molar-refractivity contribution < 1.29 is 9.53 Å². The van der Waals surface area contributed by atoms with E-state index in [1.54, 1.807) is 0 Å². The highest BCUT2D eigenvalue weighted by molar-refractivity contribution is 5.90. The number of ketones is 1. The van der Waals surface area contributed by atoms with Crippen LogP contribution in [-0.4, -0.2) is 25.0 Å². The molecule has 0 aliphatic carbocycles. The Morgan fingerprint density at radius 3 is 3.06 bits per heavy atom. The summed E-state index contributed by atoms with van der Waals surface area (Å²) in [4.78, 5) is 12.4. The fraction of sp³-hybridized carbons (Fsp3) is 0.500. The van der Waals surface area contributed by atoms with Crippen molar-refractivity contribution in [3.63, 3.8) is 0 Å². The summed E-state index contributed by atoms with van der Waals surface area (Å²) in [6.07, 6.45) is 2.69. The van der Waals surface area contributed by atoms with E-state index in [4.69, 9.17) is 4.74 Å². The number of nitrogens with one attached hydrogen (secondary N) is 1. The van der Waals surface area contributed by atoms with Gasteiger partial charge in [-0.1, -0.05) is 24.3 Å². The summed E-state index contributed by atoms with van der Waals surface area (Å²) >= 11 is 0. The van der Waals surface area contributed by atoms with E-state index >= 15 is 0 Å². The topological polar surface area (TPSA) is 38.3 Å². The van der Waals surface area contributed by atoms with Crippen LogP contribution in [0.4, 0.5) is 0 Å². The van der Waals surface area contributed by atoms with E-state index in [-0.39, 0.29) is 17.9 Å². The van der Waals surface area contributed by atoms with Crippen LogP contribution < -0.4 is 5.32 Å². The molecule has 2 heterocycles. The minimum Gasteiger partial charge on any atom is -0.370 e. The molecule has 1 aromatic rings. The first-order chi connectivity index (χ1) is 8.36. The molecule has 2 atom stereocenters. The van der Waals surface area contributed by atoms with Crippen LogP contribution in [0.5, 0.6) is 0 Å². The molecule has 2 unspecified atom stereocenters. The van der Waals surface area contributed by atoms with Crippen molar-refractivity contribution in [2.45, 2.75) is 31.4 Å². The lowest BCUT2D eigenvalue weighted by atomic mass is 9.90. The molecule has 1 N–H and O–H groups in total. The Labute approximate surface area is 101 Å². The van der Waals surface area contributed by atoms with Gasteiger partial charge in [-0.3, -0.25) is 4.79 Å². The van der Waals surface area contributed by atoms with E-state index in [9.17, 15) is 4.79 Å². The number of benzene rings is 1. The van der Waals surface area contributed by atoms with E-state index in [1.165, 1.54) is 5.56 Å². The quantitative estimate of drug-likeness (QED) is 0.840. The molecule has 0 spiro atoms. The Kier molecular flexibility index (Phi) is 2.95. The second-order valence-corrected chi connectivity index (χ2v) is 4.74. The van der Waals surface area contributed by atoms with Gasteiger partial charge in [-0.25, -0.2) is 0 Å². The summed E-state index contributed by atoms with van der Waals surface area (Å²) in [7, 11) is 0. The largest absolute Gasteiger partial charge is 0.370 e. The first-order valence-corrected chi connectivity index (χ1v) is 6.33. The third kappa shape index (κ3) is 2.01. The van der Waals surface area contributed by atoms with Crippen LogP contribution in [0.1, 0.15) is 30.0 Å². The molecule has 3 rings (SSSR count). The molecule has 17 heavy (non-hydrogen) atoms. The van der Waals surface area contributed by atoms with Gasteiger partial charge in [0.25, 0.3) is 0 Å². The number of ether oxygens (including phenoxy) is 1. The molecule has 0 bridgehead atoms. The smallest absolute Gasteiger partial charge is 0.182 e. The number of rotatable bonds is 2. The minimum absolute atomic E-state index is 0.164. The standard InChI is InChI=1S/C14H17NO2/c16-14(12-6-3-9-17-12)13-11-5-2-1-4-10(11)7-8-15-13/h1-2,4-5,12-13,15H,3,6-9H2. The van der Waals surface area contributed by atoms with Crippen molar-refractivity contribution in [1.82, 2.24) is 5.32 Å². The van der Waals surface area contributed by atoms with E-state index in [1.807, 2.05) is 12.1 Å². The van der Waals surface area contributed by atoms with Gasteiger partial charge in [-0.2, -0.15) is 0 Å². The van der Waals surface area contributed by atoms with Crippen LogP contribution in [0.2, 0.25) is 0 Å². The molecule has 2 aliphatic rings. The van der Waals surface area contributed by atoms with Crippen LogP contribution in [0.25, 0.3) is 0 Å². The first kappa shape index (κ1) is 10.9. The zero-order valence-corrected chi connectivity index (χ0v) is 9.82. The lowest BCUT2D eigenvalue weighted by Crippen LogP contribution is -2.39.